The molecule has 3 rings (SSSR count). The molecule has 0 saturated carbocycles. The Hall–Kier alpha value is -2.74. The van der Waals surface area contributed by atoms with E-state index >= 15 is 0 Å². The van der Waals surface area contributed by atoms with Crippen LogP contribution in [0.15, 0.2) is 59.5 Å². The van der Waals surface area contributed by atoms with Crippen LogP contribution in [0, 0.1) is 5.92 Å². The van der Waals surface area contributed by atoms with E-state index in [0.717, 1.165) is 5.56 Å². The van der Waals surface area contributed by atoms with E-state index in [4.69, 9.17) is 14.2 Å². The Bertz CT molecular complexity index is 1150. The van der Waals surface area contributed by atoms with Gasteiger partial charge in [0.1, 0.15) is 11.9 Å². The van der Waals surface area contributed by atoms with Gasteiger partial charge < -0.3 is 34.8 Å². The fourth-order valence-electron chi connectivity index (χ4n) is 4.30. The second-order valence-corrected chi connectivity index (χ2v) is 11.8. The van der Waals surface area contributed by atoms with Gasteiger partial charge in [0.2, 0.25) is 16.3 Å². The molecule has 11 nitrogen and oxygen atoms in total. The summed E-state index contributed by atoms with van der Waals surface area (Å²) in [6.45, 7) is 3.18. The smallest absolute Gasteiger partial charge is 0.409 e. The van der Waals surface area contributed by atoms with Crippen molar-refractivity contribution in [2.45, 2.75) is 62.2 Å². The highest BCUT2D eigenvalue weighted by Crippen LogP contribution is 2.23. The number of rotatable bonds is 13. The maximum atomic E-state index is 13.5. The third kappa shape index (κ3) is 8.62. The highest BCUT2D eigenvalue weighted by molar-refractivity contribution is 7.89. The lowest BCUT2D eigenvalue weighted by Gasteiger charge is -2.30. The Balaban J connectivity index is 1.79. The third-order valence-corrected chi connectivity index (χ3v) is 8.18. The van der Waals surface area contributed by atoms with Crippen LogP contribution in [0.3, 0.4) is 0 Å². The van der Waals surface area contributed by atoms with Crippen LogP contribution in [0.1, 0.15) is 25.8 Å². The van der Waals surface area contributed by atoms with Crippen LogP contribution in [-0.4, -0.2) is 91.6 Å². The molecule has 0 aromatic heterocycles. The van der Waals surface area contributed by atoms with E-state index < -0.39 is 53.4 Å². The van der Waals surface area contributed by atoms with Gasteiger partial charge >= 0.3 is 6.09 Å². The summed E-state index contributed by atoms with van der Waals surface area (Å²) in [6.07, 6.45) is -4.92. The number of hydrogen-bond donors (Lipinski definition) is 4. The number of carbonyl (C=O) groups is 1. The first kappa shape index (κ1) is 30.8. The highest BCUT2D eigenvalue weighted by Gasteiger charge is 2.37. The van der Waals surface area contributed by atoms with Crippen LogP contribution in [0.25, 0.3) is 0 Å². The Labute approximate surface area is 229 Å². The molecule has 1 saturated heterocycles. The molecule has 1 amide bonds. The summed E-state index contributed by atoms with van der Waals surface area (Å²) in [4.78, 5) is 12.8. The predicted octanol–water partition coefficient (Wildman–Crippen LogP) is 1.51. The molecule has 4 N–H and O–H groups in total. The first-order valence-electron chi connectivity index (χ1n) is 12.8. The molecule has 2 aromatic rings. The van der Waals surface area contributed by atoms with Crippen molar-refractivity contribution < 1.29 is 42.7 Å². The van der Waals surface area contributed by atoms with Gasteiger partial charge in [0.15, 0.2) is 0 Å². The number of hydrogen-bond acceptors (Lipinski definition) is 9. The summed E-state index contributed by atoms with van der Waals surface area (Å²) in [6, 6.07) is 14.2. The second kappa shape index (κ2) is 14.1. The van der Waals surface area contributed by atoms with Gasteiger partial charge in [-0.15, -0.1) is 0 Å². The number of carbonyl (C=O) groups excluding carboxylic acids is 1. The summed E-state index contributed by atoms with van der Waals surface area (Å²) >= 11 is 0. The van der Waals surface area contributed by atoms with Crippen LogP contribution in [0.4, 0.5) is 4.79 Å². The zero-order valence-electron chi connectivity index (χ0n) is 22.3. The number of benzene rings is 2. The average Bonchev–Trinajstić information content (AvgIpc) is 3.26. The summed E-state index contributed by atoms with van der Waals surface area (Å²) < 4.78 is 44.0. The number of nitrogens with one attached hydrogen (secondary N) is 1. The van der Waals surface area contributed by atoms with Crippen LogP contribution >= 0.6 is 0 Å². The quantitative estimate of drug-likeness (QED) is 0.282. The van der Waals surface area contributed by atoms with Crippen molar-refractivity contribution in [1.29, 1.82) is 0 Å². The number of sulfonamides is 1. The van der Waals surface area contributed by atoms with Gasteiger partial charge in [-0.1, -0.05) is 44.2 Å². The lowest BCUT2D eigenvalue weighted by molar-refractivity contribution is -0.112. The molecule has 1 fully saturated rings. The van der Waals surface area contributed by atoms with Gasteiger partial charge in [-0.25, -0.2) is 13.2 Å². The molecule has 39 heavy (non-hydrogen) atoms. The third-order valence-electron chi connectivity index (χ3n) is 6.33. The van der Waals surface area contributed by atoms with Gasteiger partial charge in [0, 0.05) is 19.5 Å². The molecule has 1 heterocycles. The molecular weight excluding hydrogens is 528 g/mol. The number of aliphatic hydroxyl groups is 3. The summed E-state index contributed by atoms with van der Waals surface area (Å²) in [5.41, 5.74) is 0.808. The van der Waals surface area contributed by atoms with Crippen LogP contribution in [0.5, 0.6) is 5.75 Å². The standard InChI is InChI=1S/C27H38N2O9S/c1-18(2)15-29(39(34,35)21-11-9-20(36-3)10-12-21)16-24(32)22(13-19-7-5-4-6-8-19)28-27(33)38-26-14-23(31)25(17-30)37-26/h4-12,18,22-26,30-32H,13-17H2,1-3H3,(H,28,33)/t22-,23+,24+,25-,26+/m0/s1. The SMILES string of the molecule is COc1ccc(S(=O)(=O)N(CC(C)C)C[C@@H](O)[C@H](Cc2ccccc2)NC(=O)O[C@@H]2C[C@@H](O)[C@H](CO)O2)cc1. The normalized spacial score (nSPS) is 21.1. The minimum atomic E-state index is -3.98. The molecule has 2 aromatic carbocycles. The molecule has 216 valence electrons. The fourth-order valence-corrected chi connectivity index (χ4v) is 5.92. The Kier molecular flexibility index (Phi) is 11.1. The topological polar surface area (TPSA) is 155 Å². The van der Waals surface area contributed by atoms with E-state index in [1.807, 2.05) is 44.2 Å². The van der Waals surface area contributed by atoms with Crippen molar-refractivity contribution in [2.24, 2.45) is 5.92 Å². The zero-order chi connectivity index (χ0) is 28.6. The molecule has 1 aliphatic rings. The molecule has 0 unspecified atom stereocenters. The van der Waals surface area contributed by atoms with Crippen molar-refractivity contribution in [1.82, 2.24) is 9.62 Å². The van der Waals surface area contributed by atoms with Gasteiger partial charge in [-0.2, -0.15) is 4.31 Å². The van der Waals surface area contributed by atoms with Crippen LogP contribution < -0.4 is 10.1 Å². The first-order valence-corrected chi connectivity index (χ1v) is 14.2. The summed E-state index contributed by atoms with van der Waals surface area (Å²) in [5, 5.41) is 33.1. The Morgan fingerprint density at radius 1 is 1.13 bits per heavy atom. The van der Waals surface area contributed by atoms with Crippen LogP contribution in [0.2, 0.25) is 0 Å². The minimum absolute atomic E-state index is 0.00712. The molecule has 5 atom stereocenters. The van der Waals surface area contributed by atoms with Crippen molar-refractivity contribution in [3.8, 4) is 5.75 Å². The van der Waals surface area contributed by atoms with E-state index in [1.165, 1.54) is 23.5 Å². The molecule has 0 spiro atoms. The summed E-state index contributed by atoms with van der Waals surface area (Å²) in [5.74, 6) is 0.472. The molecule has 0 aliphatic carbocycles. The number of aliphatic hydroxyl groups excluding tert-OH is 3. The van der Waals surface area contributed by atoms with Gasteiger partial charge in [-0.3, -0.25) is 0 Å². The van der Waals surface area contributed by atoms with Crippen molar-refractivity contribution in [3.05, 3.63) is 60.2 Å². The predicted molar refractivity (Wildman–Crippen MR) is 143 cm³/mol. The van der Waals surface area contributed by atoms with Gasteiger partial charge in [0.25, 0.3) is 0 Å². The van der Waals surface area contributed by atoms with Crippen molar-refractivity contribution in [2.75, 3.05) is 26.8 Å². The lowest BCUT2D eigenvalue weighted by Crippen LogP contribution is -2.51. The largest absolute Gasteiger partial charge is 0.497 e. The maximum Gasteiger partial charge on any atom is 0.409 e. The molecular formula is C27H38N2O9S. The Morgan fingerprint density at radius 2 is 1.79 bits per heavy atom. The van der Waals surface area contributed by atoms with E-state index in [1.54, 1.807) is 12.1 Å². The molecule has 0 radical (unpaired) electrons. The lowest BCUT2D eigenvalue weighted by atomic mass is 10.0. The van der Waals surface area contributed by atoms with Crippen molar-refractivity contribution in [3.63, 3.8) is 0 Å². The highest BCUT2D eigenvalue weighted by atomic mass is 32.2. The first-order chi connectivity index (χ1) is 18.5. The monoisotopic (exact) mass is 566 g/mol. The number of methoxy groups -OCH3 is 1. The van der Waals surface area contributed by atoms with Gasteiger partial charge in [0.05, 0.1) is 36.9 Å². The average molecular weight is 567 g/mol. The van der Waals surface area contributed by atoms with Gasteiger partial charge in [-0.05, 0) is 42.2 Å². The number of nitrogens with zero attached hydrogens (tertiary/aromatic N) is 1. The number of ether oxygens (including phenoxy) is 3. The minimum Gasteiger partial charge on any atom is -0.497 e. The molecule has 12 heteroatoms. The summed E-state index contributed by atoms with van der Waals surface area (Å²) in [7, 11) is -2.49. The van der Waals surface area contributed by atoms with Crippen LogP contribution in [-0.2, 0) is 25.9 Å². The maximum absolute atomic E-state index is 13.5. The molecule has 0 bridgehead atoms. The Morgan fingerprint density at radius 3 is 2.36 bits per heavy atom. The van der Waals surface area contributed by atoms with E-state index in [0.29, 0.717) is 5.75 Å². The second-order valence-electron chi connectivity index (χ2n) is 9.89. The fraction of sp³-hybridized carbons (Fsp3) is 0.519. The number of amides is 1. The van der Waals surface area contributed by atoms with E-state index in [-0.39, 0.29) is 36.7 Å². The molecule has 1 aliphatic heterocycles. The van der Waals surface area contributed by atoms with E-state index in [2.05, 4.69) is 5.32 Å². The van der Waals surface area contributed by atoms with Crippen molar-refractivity contribution >= 4 is 16.1 Å². The zero-order valence-corrected chi connectivity index (χ0v) is 23.2. The number of alkyl carbamates (subject to hydrolysis) is 1. The van der Waals surface area contributed by atoms with E-state index in [9.17, 15) is 28.5 Å².